The Kier molecular flexibility index (Phi) is 6.12. The monoisotopic (exact) mass is 258 g/mol. The summed E-state index contributed by atoms with van der Waals surface area (Å²) < 4.78 is 15.5. The Hall–Kier alpha value is -1.10. The summed E-state index contributed by atoms with van der Waals surface area (Å²) in [5.41, 5.74) is 0. The lowest BCUT2D eigenvalue weighted by molar-refractivity contribution is -0.166. The van der Waals surface area contributed by atoms with Gasteiger partial charge in [0.15, 0.2) is 5.92 Å². The van der Waals surface area contributed by atoms with Gasteiger partial charge in [-0.3, -0.25) is 9.59 Å². The van der Waals surface area contributed by atoms with Gasteiger partial charge >= 0.3 is 11.9 Å². The maximum absolute atomic E-state index is 11.9. The highest BCUT2D eigenvalue weighted by Gasteiger charge is 2.40. The van der Waals surface area contributed by atoms with E-state index >= 15 is 0 Å². The van der Waals surface area contributed by atoms with Gasteiger partial charge in [-0.15, -0.1) is 0 Å². The molecule has 0 radical (unpaired) electrons. The van der Waals surface area contributed by atoms with Crippen molar-refractivity contribution in [2.24, 2.45) is 11.8 Å². The summed E-state index contributed by atoms with van der Waals surface area (Å²) in [6.45, 7) is 6.48. The fourth-order valence-electron chi connectivity index (χ4n) is 2.22. The maximum atomic E-state index is 11.9. The van der Waals surface area contributed by atoms with Crippen molar-refractivity contribution in [1.29, 1.82) is 0 Å². The first-order valence-electron chi connectivity index (χ1n) is 6.56. The first-order valence-corrected chi connectivity index (χ1v) is 6.56. The molecule has 0 aromatic heterocycles. The normalized spacial score (nSPS) is 20.8. The SMILES string of the molecule is CCOC(=O)C(C(=O)OCC)C(C)C1CCCO1. The van der Waals surface area contributed by atoms with Crippen LogP contribution >= 0.6 is 0 Å². The van der Waals surface area contributed by atoms with Gasteiger partial charge in [-0.1, -0.05) is 6.92 Å². The van der Waals surface area contributed by atoms with Crippen LogP contribution < -0.4 is 0 Å². The van der Waals surface area contributed by atoms with E-state index in [0.29, 0.717) is 6.61 Å². The van der Waals surface area contributed by atoms with Crippen LogP contribution in [0.15, 0.2) is 0 Å². The van der Waals surface area contributed by atoms with Crippen molar-refractivity contribution in [2.45, 2.75) is 39.7 Å². The zero-order chi connectivity index (χ0) is 13.5. The van der Waals surface area contributed by atoms with Crippen LogP contribution in [-0.2, 0) is 23.8 Å². The molecule has 1 rings (SSSR count). The van der Waals surface area contributed by atoms with Gasteiger partial charge in [0.25, 0.3) is 0 Å². The van der Waals surface area contributed by atoms with Crippen LogP contribution in [0.4, 0.5) is 0 Å². The summed E-state index contributed by atoms with van der Waals surface area (Å²) in [4.78, 5) is 23.8. The highest BCUT2D eigenvalue weighted by atomic mass is 16.6. The molecule has 0 aromatic rings. The lowest BCUT2D eigenvalue weighted by atomic mass is 9.88. The maximum Gasteiger partial charge on any atom is 0.320 e. The number of ether oxygens (including phenoxy) is 3. The van der Waals surface area contributed by atoms with E-state index in [1.165, 1.54) is 0 Å². The molecular formula is C13H22O5. The molecule has 5 nitrogen and oxygen atoms in total. The minimum atomic E-state index is -0.881. The molecule has 0 saturated carbocycles. The molecule has 1 aliphatic heterocycles. The number of rotatable bonds is 6. The van der Waals surface area contributed by atoms with Crippen LogP contribution in [-0.4, -0.2) is 37.9 Å². The number of carbonyl (C=O) groups excluding carboxylic acids is 2. The van der Waals surface area contributed by atoms with E-state index in [9.17, 15) is 9.59 Å². The summed E-state index contributed by atoms with van der Waals surface area (Å²) in [5.74, 6) is -2.13. The second kappa shape index (κ2) is 7.36. The standard InChI is InChI=1S/C13H22O5/c1-4-16-12(14)11(13(15)17-5-2)9(3)10-7-6-8-18-10/h9-11H,4-8H2,1-3H3. The second-order valence-corrected chi connectivity index (χ2v) is 4.39. The van der Waals surface area contributed by atoms with E-state index in [4.69, 9.17) is 14.2 Å². The number of esters is 2. The fraction of sp³-hybridized carbons (Fsp3) is 0.846. The Balaban J connectivity index is 2.74. The van der Waals surface area contributed by atoms with E-state index in [0.717, 1.165) is 12.8 Å². The smallest absolute Gasteiger partial charge is 0.320 e. The van der Waals surface area contributed by atoms with E-state index in [1.807, 2.05) is 6.92 Å². The predicted octanol–water partition coefficient (Wildman–Crippen LogP) is 1.54. The molecule has 0 amide bonds. The third kappa shape index (κ3) is 3.70. The van der Waals surface area contributed by atoms with Crippen molar-refractivity contribution >= 4 is 11.9 Å². The predicted molar refractivity (Wildman–Crippen MR) is 64.9 cm³/mol. The van der Waals surface area contributed by atoms with E-state index < -0.39 is 17.9 Å². The zero-order valence-corrected chi connectivity index (χ0v) is 11.3. The van der Waals surface area contributed by atoms with E-state index in [-0.39, 0.29) is 25.2 Å². The van der Waals surface area contributed by atoms with E-state index in [1.54, 1.807) is 13.8 Å². The van der Waals surface area contributed by atoms with Crippen molar-refractivity contribution in [3.63, 3.8) is 0 Å². The summed E-state index contributed by atoms with van der Waals surface area (Å²) in [7, 11) is 0. The Bertz CT molecular complexity index is 265. The third-order valence-corrected chi connectivity index (χ3v) is 3.16. The third-order valence-electron chi connectivity index (χ3n) is 3.16. The van der Waals surface area contributed by atoms with Crippen molar-refractivity contribution < 1.29 is 23.8 Å². The van der Waals surface area contributed by atoms with Gasteiger partial charge in [-0.25, -0.2) is 0 Å². The van der Waals surface area contributed by atoms with Crippen LogP contribution in [0.25, 0.3) is 0 Å². The van der Waals surface area contributed by atoms with Crippen molar-refractivity contribution in [1.82, 2.24) is 0 Å². The number of hydrogen-bond acceptors (Lipinski definition) is 5. The Morgan fingerprint density at radius 3 is 2.17 bits per heavy atom. The Labute approximate surface area is 108 Å². The largest absolute Gasteiger partial charge is 0.465 e. The number of hydrogen-bond donors (Lipinski definition) is 0. The van der Waals surface area contributed by atoms with Crippen LogP contribution in [0.3, 0.4) is 0 Å². The molecule has 1 fully saturated rings. The highest BCUT2D eigenvalue weighted by Crippen LogP contribution is 2.27. The van der Waals surface area contributed by atoms with Crippen LogP contribution in [0.2, 0.25) is 0 Å². The molecule has 0 spiro atoms. The molecule has 18 heavy (non-hydrogen) atoms. The summed E-state index contributed by atoms with van der Waals surface area (Å²) in [6, 6.07) is 0. The van der Waals surface area contributed by atoms with Gasteiger partial charge in [-0.2, -0.15) is 0 Å². The first-order chi connectivity index (χ1) is 8.61. The lowest BCUT2D eigenvalue weighted by Crippen LogP contribution is -2.38. The summed E-state index contributed by atoms with van der Waals surface area (Å²) in [5, 5.41) is 0. The molecule has 1 saturated heterocycles. The van der Waals surface area contributed by atoms with Crippen molar-refractivity contribution in [3.8, 4) is 0 Å². The van der Waals surface area contributed by atoms with Gasteiger partial charge in [0.2, 0.25) is 0 Å². The zero-order valence-electron chi connectivity index (χ0n) is 11.3. The van der Waals surface area contributed by atoms with Gasteiger partial charge in [0.1, 0.15) is 0 Å². The fourth-order valence-corrected chi connectivity index (χ4v) is 2.22. The summed E-state index contributed by atoms with van der Waals surface area (Å²) in [6.07, 6.45) is 1.77. The Morgan fingerprint density at radius 1 is 1.22 bits per heavy atom. The minimum Gasteiger partial charge on any atom is -0.465 e. The molecule has 2 unspecified atom stereocenters. The number of carbonyl (C=O) groups is 2. The molecule has 0 aliphatic carbocycles. The molecule has 0 aromatic carbocycles. The average molecular weight is 258 g/mol. The second-order valence-electron chi connectivity index (χ2n) is 4.39. The highest BCUT2D eigenvalue weighted by molar-refractivity contribution is 5.95. The van der Waals surface area contributed by atoms with Gasteiger partial charge in [0, 0.05) is 12.5 Å². The van der Waals surface area contributed by atoms with Crippen LogP contribution in [0, 0.1) is 11.8 Å². The molecule has 2 atom stereocenters. The molecule has 1 aliphatic rings. The minimum absolute atomic E-state index is 0.0659. The average Bonchev–Trinajstić information content (AvgIpc) is 2.83. The topological polar surface area (TPSA) is 61.8 Å². The molecule has 104 valence electrons. The van der Waals surface area contributed by atoms with Crippen molar-refractivity contribution in [2.75, 3.05) is 19.8 Å². The van der Waals surface area contributed by atoms with Crippen LogP contribution in [0.5, 0.6) is 0 Å². The molecule has 1 heterocycles. The molecule has 0 N–H and O–H groups in total. The Morgan fingerprint density at radius 2 is 1.78 bits per heavy atom. The molecular weight excluding hydrogens is 236 g/mol. The van der Waals surface area contributed by atoms with Crippen LogP contribution in [0.1, 0.15) is 33.6 Å². The lowest BCUT2D eigenvalue weighted by Gasteiger charge is -2.25. The molecule has 0 bridgehead atoms. The first kappa shape index (κ1) is 15.0. The van der Waals surface area contributed by atoms with Gasteiger partial charge in [-0.05, 0) is 26.7 Å². The summed E-state index contributed by atoms with van der Waals surface area (Å²) >= 11 is 0. The van der Waals surface area contributed by atoms with Crippen molar-refractivity contribution in [3.05, 3.63) is 0 Å². The van der Waals surface area contributed by atoms with Gasteiger partial charge < -0.3 is 14.2 Å². The molecule has 5 heteroatoms. The van der Waals surface area contributed by atoms with E-state index in [2.05, 4.69) is 0 Å². The van der Waals surface area contributed by atoms with Gasteiger partial charge in [0.05, 0.1) is 19.3 Å². The quantitative estimate of drug-likeness (QED) is 0.534.